The van der Waals surface area contributed by atoms with Crippen LogP contribution in [0.5, 0.6) is 5.75 Å². The molecule has 1 fully saturated rings. The first-order chi connectivity index (χ1) is 20.0. The molecule has 0 bridgehead atoms. The zero-order valence-electron chi connectivity index (χ0n) is 23.2. The SMILES string of the molecule is CC1(C)CCOc2c(C(=O)NC3CN4C(N)=N[C@@H](CNC(=O)c5ccc(C#N)cn5)[C@@H]5[NH+]=C(N)NC54[C@@H]3O)cccc21. The average Bonchev–Trinajstić information content (AvgIpc) is 3.47. The first-order valence-electron chi connectivity index (χ1n) is 13.7. The highest BCUT2D eigenvalue weighted by Gasteiger charge is 2.68. The third-order valence-electron chi connectivity index (χ3n) is 8.61. The number of nitrogens with zero attached hydrogens (tertiary/aromatic N) is 4. The lowest BCUT2D eigenvalue weighted by Gasteiger charge is -2.43. The maximum atomic E-state index is 13.6. The maximum absolute atomic E-state index is 13.6. The smallest absolute Gasteiger partial charge is 0.343 e. The number of carbonyl (C=O) groups is 2. The van der Waals surface area contributed by atoms with Crippen molar-refractivity contribution < 1.29 is 24.4 Å². The fourth-order valence-electron chi connectivity index (χ4n) is 6.36. The first-order valence-corrected chi connectivity index (χ1v) is 13.7. The van der Waals surface area contributed by atoms with E-state index in [4.69, 9.17) is 21.5 Å². The molecule has 218 valence electrons. The Hall–Kier alpha value is -4.90. The van der Waals surface area contributed by atoms with E-state index in [1.807, 2.05) is 18.2 Å². The summed E-state index contributed by atoms with van der Waals surface area (Å²) in [6.07, 6.45) is 0.994. The van der Waals surface area contributed by atoms with E-state index in [1.165, 1.54) is 18.3 Å². The van der Waals surface area contributed by atoms with Crippen LogP contribution in [-0.2, 0) is 5.41 Å². The molecular weight excluding hydrogens is 540 g/mol. The highest BCUT2D eigenvalue weighted by molar-refractivity contribution is 5.98. The molecule has 1 aromatic carbocycles. The number of nitriles is 1. The van der Waals surface area contributed by atoms with Crippen LogP contribution in [0, 0.1) is 11.3 Å². The quantitative estimate of drug-likeness (QED) is 0.192. The van der Waals surface area contributed by atoms with Gasteiger partial charge in [-0.2, -0.15) is 5.26 Å². The number of nitrogens with one attached hydrogen (secondary N) is 4. The largest absolute Gasteiger partial charge is 0.492 e. The van der Waals surface area contributed by atoms with Gasteiger partial charge in [0.05, 0.1) is 23.8 Å². The highest BCUT2D eigenvalue weighted by atomic mass is 16.5. The fraction of sp³-hybridized carbons (Fsp3) is 0.429. The van der Waals surface area contributed by atoms with E-state index >= 15 is 0 Å². The van der Waals surface area contributed by atoms with Gasteiger partial charge < -0.3 is 31.1 Å². The van der Waals surface area contributed by atoms with Crippen molar-refractivity contribution in [3.05, 3.63) is 58.9 Å². The number of carbonyl (C=O) groups excluding carboxylic acids is 2. The zero-order chi connectivity index (χ0) is 29.8. The third kappa shape index (κ3) is 4.24. The van der Waals surface area contributed by atoms with Crippen LogP contribution in [-0.4, -0.2) is 88.3 Å². The summed E-state index contributed by atoms with van der Waals surface area (Å²) in [5, 5.41) is 29.6. The topological polar surface area (TPSA) is 218 Å². The monoisotopic (exact) mass is 573 g/mol. The standard InChI is InChI=1S/C28H32N10O4/c1-27(2)8-9-42-20-15(4-3-5-16(20)27)23(40)34-19-13-38-26(31)35-18(21-28(38,22(19)39)37-25(30)36-21)12-33-24(41)17-7-6-14(10-29)11-32-17/h3-7,11,18-19,21-22,39H,8-9,12-13H2,1-2H3,(H2,31,35)(H,33,41)(H,34,40)(H3,30,36,37)/p+1/t18-,19?,21-,22+,28?/m0/s1. The first kappa shape index (κ1) is 27.3. The third-order valence-corrected chi connectivity index (χ3v) is 8.61. The summed E-state index contributed by atoms with van der Waals surface area (Å²) < 4.78 is 5.93. The summed E-state index contributed by atoms with van der Waals surface area (Å²) in [6.45, 7) is 4.96. The molecular formula is C28H33N10O4+. The van der Waals surface area contributed by atoms with Crippen molar-refractivity contribution in [3.63, 3.8) is 0 Å². The van der Waals surface area contributed by atoms with Crippen molar-refractivity contribution in [2.75, 3.05) is 19.7 Å². The number of ether oxygens (including phenoxy) is 1. The molecule has 2 aromatic rings. The lowest BCUT2D eigenvalue weighted by Crippen LogP contribution is -2.88. The predicted octanol–water partition coefficient (Wildman–Crippen LogP) is -3.02. The lowest BCUT2D eigenvalue weighted by molar-refractivity contribution is -0.513. The highest BCUT2D eigenvalue weighted by Crippen LogP contribution is 2.41. The Morgan fingerprint density at radius 3 is 2.83 bits per heavy atom. The van der Waals surface area contributed by atoms with Gasteiger partial charge in [-0.15, -0.1) is 0 Å². The Morgan fingerprint density at radius 2 is 2.10 bits per heavy atom. The van der Waals surface area contributed by atoms with E-state index in [2.05, 4.69) is 44.8 Å². The Kier molecular flexibility index (Phi) is 6.42. The molecule has 2 amide bonds. The molecule has 1 saturated heterocycles. The number of nitrogens with two attached hydrogens (primary N) is 2. The molecule has 0 aliphatic carbocycles. The molecule has 2 unspecified atom stereocenters. The van der Waals surface area contributed by atoms with E-state index in [0.717, 1.165) is 12.0 Å². The van der Waals surface area contributed by atoms with Crippen LogP contribution >= 0.6 is 0 Å². The molecule has 5 heterocycles. The minimum absolute atomic E-state index is 0.0520. The lowest BCUT2D eigenvalue weighted by atomic mass is 9.79. The molecule has 42 heavy (non-hydrogen) atoms. The van der Waals surface area contributed by atoms with Crippen LogP contribution in [0.1, 0.15) is 52.2 Å². The predicted molar refractivity (Wildman–Crippen MR) is 150 cm³/mol. The number of amides is 2. The average molecular weight is 574 g/mol. The Bertz CT molecular complexity index is 1550. The van der Waals surface area contributed by atoms with Crippen molar-refractivity contribution >= 4 is 23.7 Å². The van der Waals surface area contributed by atoms with Crippen molar-refractivity contribution in [2.24, 2.45) is 16.5 Å². The Labute approximate surface area is 241 Å². The number of rotatable bonds is 5. The summed E-state index contributed by atoms with van der Waals surface area (Å²) >= 11 is 0. The maximum Gasteiger partial charge on any atom is 0.343 e. The van der Waals surface area contributed by atoms with E-state index < -0.39 is 35.8 Å². The zero-order valence-corrected chi connectivity index (χ0v) is 23.2. The van der Waals surface area contributed by atoms with Gasteiger partial charge in [0.1, 0.15) is 29.7 Å². The number of aliphatic hydroxyl groups excluding tert-OH is 1. The van der Waals surface area contributed by atoms with Gasteiger partial charge >= 0.3 is 5.96 Å². The number of aliphatic hydroxyl groups is 1. The molecule has 4 aliphatic heterocycles. The summed E-state index contributed by atoms with van der Waals surface area (Å²) in [4.78, 5) is 39.8. The van der Waals surface area contributed by atoms with Gasteiger partial charge in [-0.25, -0.2) is 15.3 Å². The van der Waals surface area contributed by atoms with Crippen LogP contribution in [0.25, 0.3) is 0 Å². The number of hydrogen-bond acceptors (Lipinski definition) is 11. The van der Waals surface area contributed by atoms with Crippen LogP contribution in [0.15, 0.2) is 41.5 Å². The number of guanidine groups is 2. The van der Waals surface area contributed by atoms with Crippen LogP contribution in [0.2, 0.25) is 0 Å². The van der Waals surface area contributed by atoms with Crippen LogP contribution in [0.4, 0.5) is 0 Å². The van der Waals surface area contributed by atoms with Gasteiger partial charge in [-0.1, -0.05) is 26.0 Å². The number of benzene rings is 1. The number of aliphatic imine (C=N–C) groups is 1. The molecule has 14 nitrogen and oxygen atoms in total. The number of para-hydroxylation sites is 1. The number of pyridine rings is 1. The normalized spacial score (nSPS) is 28.5. The van der Waals surface area contributed by atoms with Crippen LogP contribution in [0.3, 0.4) is 0 Å². The molecule has 9 N–H and O–H groups in total. The van der Waals surface area contributed by atoms with Crippen molar-refractivity contribution in [3.8, 4) is 11.8 Å². The molecule has 0 saturated carbocycles. The molecule has 6 rings (SSSR count). The molecule has 0 radical (unpaired) electrons. The summed E-state index contributed by atoms with van der Waals surface area (Å²) in [5.41, 5.74) is 13.0. The molecule has 14 heteroatoms. The number of aromatic nitrogens is 1. The summed E-state index contributed by atoms with van der Waals surface area (Å²) in [5.74, 6) is 0.0574. The summed E-state index contributed by atoms with van der Waals surface area (Å²) in [6, 6.07) is 8.47. The summed E-state index contributed by atoms with van der Waals surface area (Å²) in [7, 11) is 0. The minimum Gasteiger partial charge on any atom is -0.492 e. The second-order valence-corrected chi connectivity index (χ2v) is 11.6. The van der Waals surface area contributed by atoms with Crippen molar-refractivity contribution in [1.29, 1.82) is 5.26 Å². The van der Waals surface area contributed by atoms with Gasteiger partial charge in [-0.3, -0.25) is 20.3 Å². The Morgan fingerprint density at radius 1 is 1.29 bits per heavy atom. The number of fused-ring (bicyclic) bond motifs is 1. The van der Waals surface area contributed by atoms with Gasteiger partial charge in [0.25, 0.3) is 11.8 Å². The second-order valence-electron chi connectivity index (χ2n) is 11.6. The van der Waals surface area contributed by atoms with E-state index in [1.54, 1.807) is 11.0 Å². The fourth-order valence-corrected chi connectivity index (χ4v) is 6.36. The minimum atomic E-state index is -1.23. The second kappa shape index (κ2) is 9.88. The molecule has 1 spiro atoms. The molecule has 1 aromatic heterocycles. The van der Waals surface area contributed by atoms with Crippen LogP contribution < -0.4 is 37.1 Å². The van der Waals surface area contributed by atoms with Crippen molar-refractivity contribution in [1.82, 2.24) is 25.8 Å². The van der Waals surface area contributed by atoms with Gasteiger partial charge in [0.2, 0.25) is 5.66 Å². The van der Waals surface area contributed by atoms with Gasteiger partial charge in [0.15, 0.2) is 12.0 Å². The van der Waals surface area contributed by atoms with E-state index in [-0.39, 0.29) is 42.0 Å². The van der Waals surface area contributed by atoms with E-state index in [0.29, 0.717) is 23.5 Å². The van der Waals surface area contributed by atoms with Gasteiger partial charge in [0, 0.05) is 24.8 Å². The van der Waals surface area contributed by atoms with Crippen molar-refractivity contribution in [2.45, 2.75) is 55.6 Å². The molecule has 5 atom stereocenters. The Balaban J connectivity index is 1.21. The van der Waals surface area contributed by atoms with E-state index in [9.17, 15) is 14.7 Å². The number of hydrogen-bond donors (Lipinski definition) is 7. The molecule has 4 aliphatic rings. The van der Waals surface area contributed by atoms with Gasteiger partial charge in [-0.05, 0) is 30.0 Å².